The molecule has 1 aromatic rings. The molecule has 2 N–H and O–H groups in total. The van der Waals surface area contributed by atoms with E-state index in [-0.39, 0.29) is 13.2 Å². The maximum absolute atomic E-state index is 10.9. The first-order valence-corrected chi connectivity index (χ1v) is 10.7. The topological polar surface area (TPSA) is 101 Å². The number of hydrogen-bond acceptors (Lipinski definition) is 7. The Balaban J connectivity index is 2.18. The van der Waals surface area contributed by atoms with Gasteiger partial charge in [0.15, 0.2) is 0 Å². The Kier molecular flexibility index (Phi) is 9.61. The lowest BCUT2D eigenvalue weighted by Crippen LogP contribution is -2.51. The van der Waals surface area contributed by atoms with Gasteiger partial charge in [-0.1, -0.05) is 26.2 Å². The maximum Gasteiger partial charge on any atom is 0.137 e. The third kappa shape index (κ3) is 7.15. The average molecular weight is 429 g/mol. The number of ether oxygens (including phenoxy) is 3. The van der Waals surface area contributed by atoms with E-state index in [0.717, 1.165) is 25.7 Å². The molecule has 1 aliphatic rings. The van der Waals surface area contributed by atoms with Crippen molar-refractivity contribution in [2.24, 2.45) is 0 Å². The smallest absolute Gasteiger partial charge is 0.137 e. The highest BCUT2D eigenvalue weighted by atomic mass is 16.5. The second-order valence-electron chi connectivity index (χ2n) is 8.02. The number of rotatable bonds is 12. The summed E-state index contributed by atoms with van der Waals surface area (Å²) in [7, 11) is 0. The molecule has 0 unspecified atom stereocenters. The van der Waals surface area contributed by atoms with Crippen molar-refractivity contribution in [3.63, 3.8) is 0 Å². The highest BCUT2D eigenvalue weighted by Gasteiger charge is 2.42. The van der Waals surface area contributed by atoms with Gasteiger partial charge in [-0.2, -0.15) is 5.26 Å². The zero-order valence-electron chi connectivity index (χ0n) is 18.5. The summed E-state index contributed by atoms with van der Waals surface area (Å²) in [6.07, 6.45) is 6.40. The maximum atomic E-state index is 10.9. The van der Waals surface area contributed by atoms with Crippen molar-refractivity contribution in [3.8, 4) is 11.8 Å². The van der Waals surface area contributed by atoms with Crippen molar-refractivity contribution < 1.29 is 24.1 Å². The Labute approximate surface area is 184 Å². The predicted octanol–water partition coefficient (Wildman–Crippen LogP) is 3.56. The van der Waals surface area contributed by atoms with Crippen LogP contribution in [0.1, 0.15) is 63.6 Å². The van der Waals surface area contributed by atoms with E-state index in [1.54, 1.807) is 30.3 Å². The molecule has 0 bridgehead atoms. The molecule has 2 rings (SSSR count). The normalized spacial score (nSPS) is 19.4. The summed E-state index contributed by atoms with van der Waals surface area (Å²) in [4.78, 5) is 10.3. The van der Waals surface area contributed by atoms with E-state index in [9.17, 15) is 15.2 Å². The zero-order chi connectivity index (χ0) is 22.7. The molecule has 0 radical (unpaired) electrons. The lowest BCUT2D eigenvalue weighted by molar-refractivity contribution is -0.0623. The fraction of sp³-hybridized carbons (Fsp3) is 0.542. The SMILES string of the molecule is CCCCCCO/C(=C/N[C@H]1c2cc(C#N)ccc2OC(C)(C)[C@@H]1O)COCC=C=O. The minimum atomic E-state index is -0.866. The van der Waals surface area contributed by atoms with Gasteiger partial charge < -0.3 is 24.6 Å². The number of carbonyl (C=O) groups excluding carboxylic acids is 1. The summed E-state index contributed by atoms with van der Waals surface area (Å²) < 4.78 is 17.3. The van der Waals surface area contributed by atoms with Gasteiger partial charge in [-0.05, 0) is 38.5 Å². The molecule has 0 fully saturated rings. The first-order valence-electron chi connectivity index (χ1n) is 10.7. The van der Waals surface area contributed by atoms with Gasteiger partial charge >= 0.3 is 0 Å². The fourth-order valence-electron chi connectivity index (χ4n) is 3.34. The van der Waals surface area contributed by atoms with E-state index >= 15 is 0 Å². The van der Waals surface area contributed by atoms with Crippen molar-refractivity contribution in [3.05, 3.63) is 47.4 Å². The van der Waals surface area contributed by atoms with Gasteiger partial charge in [-0.3, -0.25) is 0 Å². The largest absolute Gasteiger partial charge is 0.494 e. The summed E-state index contributed by atoms with van der Waals surface area (Å²) in [6.45, 7) is 6.65. The van der Waals surface area contributed by atoms with Gasteiger partial charge in [0, 0.05) is 17.8 Å². The van der Waals surface area contributed by atoms with Crippen molar-refractivity contribution in [1.82, 2.24) is 5.32 Å². The molecular weight excluding hydrogens is 396 g/mol. The second-order valence-corrected chi connectivity index (χ2v) is 8.02. The second kappa shape index (κ2) is 12.2. The number of nitriles is 1. The number of hydrogen-bond donors (Lipinski definition) is 2. The fourth-order valence-corrected chi connectivity index (χ4v) is 3.34. The Morgan fingerprint density at radius 3 is 2.87 bits per heavy atom. The zero-order valence-corrected chi connectivity index (χ0v) is 18.5. The van der Waals surface area contributed by atoms with Crippen LogP contribution in [-0.2, 0) is 14.3 Å². The van der Waals surface area contributed by atoms with Crippen LogP contribution in [0.5, 0.6) is 5.75 Å². The van der Waals surface area contributed by atoms with Crippen LogP contribution in [0, 0.1) is 11.3 Å². The van der Waals surface area contributed by atoms with Crippen LogP contribution in [0.2, 0.25) is 0 Å². The lowest BCUT2D eigenvalue weighted by atomic mass is 9.86. The minimum Gasteiger partial charge on any atom is -0.494 e. The number of unbranched alkanes of at least 4 members (excludes halogenated alkanes) is 3. The molecule has 1 aliphatic heterocycles. The van der Waals surface area contributed by atoms with E-state index < -0.39 is 17.7 Å². The van der Waals surface area contributed by atoms with Crippen LogP contribution in [0.15, 0.2) is 36.2 Å². The quantitative estimate of drug-likeness (QED) is 0.298. The number of aliphatic hydroxyl groups is 1. The number of nitrogens with one attached hydrogen (secondary N) is 1. The Morgan fingerprint density at radius 1 is 1.35 bits per heavy atom. The number of aliphatic hydroxyl groups excluding tert-OH is 1. The van der Waals surface area contributed by atoms with E-state index in [4.69, 9.17) is 14.2 Å². The van der Waals surface area contributed by atoms with Gasteiger partial charge in [0.2, 0.25) is 0 Å². The molecule has 0 saturated heterocycles. The van der Waals surface area contributed by atoms with Gasteiger partial charge in [-0.15, -0.1) is 0 Å². The third-order valence-electron chi connectivity index (χ3n) is 5.11. The molecule has 2 atom stereocenters. The Hall–Kier alpha value is -2.78. The number of nitrogens with zero attached hydrogens (tertiary/aromatic N) is 1. The van der Waals surface area contributed by atoms with Crippen LogP contribution in [0.25, 0.3) is 0 Å². The third-order valence-corrected chi connectivity index (χ3v) is 5.11. The molecule has 0 saturated carbocycles. The van der Waals surface area contributed by atoms with Crippen LogP contribution in [0.3, 0.4) is 0 Å². The van der Waals surface area contributed by atoms with E-state index in [1.165, 1.54) is 6.08 Å². The van der Waals surface area contributed by atoms with Crippen LogP contribution >= 0.6 is 0 Å². The van der Waals surface area contributed by atoms with Gasteiger partial charge in [-0.25, -0.2) is 4.79 Å². The molecule has 7 heteroatoms. The summed E-state index contributed by atoms with van der Waals surface area (Å²) in [5, 5.41) is 23.4. The predicted molar refractivity (Wildman–Crippen MR) is 117 cm³/mol. The molecule has 31 heavy (non-hydrogen) atoms. The van der Waals surface area contributed by atoms with Crippen molar-refractivity contribution in [2.75, 3.05) is 19.8 Å². The van der Waals surface area contributed by atoms with Crippen molar-refractivity contribution >= 4 is 5.94 Å². The molecule has 7 nitrogen and oxygen atoms in total. The first kappa shape index (κ1) is 24.5. The minimum absolute atomic E-state index is 0.140. The first-order chi connectivity index (χ1) is 14.9. The van der Waals surface area contributed by atoms with Gasteiger partial charge in [0.05, 0.1) is 30.9 Å². The molecule has 168 valence electrons. The van der Waals surface area contributed by atoms with Crippen LogP contribution in [0.4, 0.5) is 0 Å². The molecule has 1 heterocycles. The highest BCUT2D eigenvalue weighted by Crippen LogP contribution is 2.40. The molecular formula is C24H32N2O5. The molecule has 0 aliphatic carbocycles. The highest BCUT2D eigenvalue weighted by molar-refractivity contribution is 5.46. The van der Waals surface area contributed by atoms with E-state index in [2.05, 4.69) is 18.3 Å². The van der Waals surface area contributed by atoms with Crippen molar-refractivity contribution in [1.29, 1.82) is 5.26 Å². The number of benzene rings is 1. The van der Waals surface area contributed by atoms with E-state index in [0.29, 0.717) is 29.2 Å². The summed E-state index contributed by atoms with van der Waals surface area (Å²) >= 11 is 0. The van der Waals surface area contributed by atoms with Gasteiger partial charge in [0.1, 0.15) is 35.8 Å². The monoisotopic (exact) mass is 428 g/mol. The van der Waals surface area contributed by atoms with Crippen LogP contribution < -0.4 is 10.1 Å². The van der Waals surface area contributed by atoms with Crippen LogP contribution in [-0.4, -0.2) is 42.6 Å². The molecule has 0 amide bonds. The van der Waals surface area contributed by atoms with Crippen molar-refractivity contribution in [2.45, 2.75) is 64.2 Å². The molecule has 0 aromatic heterocycles. The Morgan fingerprint density at radius 2 is 2.16 bits per heavy atom. The number of fused-ring (bicyclic) bond motifs is 1. The lowest BCUT2D eigenvalue weighted by Gasteiger charge is -2.42. The van der Waals surface area contributed by atoms with E-state index in [1.807, 2.05) is 13.8 Å². The molecule has 1 aromatic carbocycles. The standard InChI is InChI=1S/C24H32N2O5/c1-4-5-6-7-13-30-19(17-29-12-8-11-27)16-26-22-20-14-18(15-25)9-10-21(20)31-24(2,3)23(22)28/h8-10,14,16,22-23,26,28H,4-7,12-13,17H2,1-3H3/b19-16+/t22-,23+/m0/s1. The van der Waals surface area contributed by atoms with Gasteiger partial charge in [0.25, 0.3) is 0 Å². The summed E-state index contributed by atoms with van der Waals surface area (Å²) in [6, 6.07) is 6.78. The summed E-state index contributed by atoms with van der Waals surface area (Å²) in [5.41, 5.74) is 0.370. The summed E-state index contributed by atoms with van der Waals surface area (Å²) in [5.74, 6) is 2.86. The Bertz CT molecular complexity index is 837. The molecule has 0 spiro atoms. The average Bonchev–Trinajstić information content (AvgIpc) is 2.75.